The van der Waals surface area contributed by atoms with E-state index in [0.29, 0.717) is 19.6 Å². The largest absolute Gasteiger partial charge is 0.378 e. The summed E-state index contributed by atoms with van der Waals surface area (Å²) in [6.07, 6.45) is 0.747. The van der Waals surface area contributed by atoms with Crippen molar-refractivity contribution in [2.24, 2.45) is 0 Å². The Kier molecular flexibility index (Phi) is 5.27. The molecule has 0 saturated carbocycles. The normalized spacial score (nSPS) is 20.3. The molecule has 0 bridgehead atoms. The summed E-state index contributed by atoms with van der Waals surface area (Å²) in [5, 5.41) is 1.93. The highest BCUT2D eigenvalue weighted by Gasteiger charge is 2.35. The van der Waals surface area contributed by atoms with E-state index in [9.17, 15) is 14.4 Å². The molecule has 3 amide bonds. The molecule has 1 unspecified atom stereocenters. The Hall–Kier alpha value is -1.08. The molecule has 1 aliphatic rings. The summed E-state index contributed by atoms with van der Waals surface area (Å²) in [6.45, 7) is 1.30. The SMILES string of the molecule is O=CNCCOCCN1C(=O)CC(S)C1=O. The average Bonchev–Trinajstić information content (AvgIpc) is 2.49. The maximum Gasteiger partial charge on any atom is 0.242 e. The van der Waals surface area contributed by atoms with Crippen LogP contribution in [0.2, 0.25) is 0 Å². The molecule has 1 fully saturated rings. The van der Waals surface area contributed by atoms with Crippen molar-refractivity contribution in [3.8, 4) is 0 Å². The maximum absolute atomic E-state index is 11.4. The highest BCUT2D eigenvalue weighted by molar-refractivity contribution is 7.81. The van der Waals surface area contributed by atoms with E-state index in [1.807, 2.05) is 0 Å². The Bertz CT molecular complexity index is 285. The van der Waals surface area contributed by atoms with Gasteiger partial charge < -0.3 is 10.1 Å². The molecule has 1 N–H and O–H groups in total. The van der Waals surface area contributed by atoms with Crippen LogP contribution < -0.4 is 5.32 Å². The van der Waals surface area contributed by atoms with Gasteiger partial charge in [-0.05, 0) is 0 Å². The number of nitrogens with one attached hydrogen (secondary N) is 1. The van der Waals surface area contributed by atoms with Crippen LogP contribution in [0.5, 0.6) is 0 Å². The molecule has 1 rings (SSSR count). The van der Waals surface area contributed by atoms with Crippen LogP contribution >= 0.6 is 12.6 Å². The van der Waals surface area contributed by atoms with Gasteiger partial charge in [0, 0.05) is 13.0 Å². The van der Waals surface area contributed by atoms with Crippen LogP contribution in [-0.2, 0) is 19.1 Å². The van der Waals surface area contributed by atoms with Gasteiger partial charge in [-0.15, -0.1) is 0 Å². The Morgan fingerprint density at radius 3 is 2.81 bits per heavy atom. The lowest BCUT2D eigenvalue weighted by Gasteiger charge is -2.13. The molecule has 16 heavy (non-hydrogen) atoms. The Balaban J connectivity index is 2.15. The maximum atomic E-state index is 11.4. The van der Waals surface area contributed by atoms with Crippen molar-refractivity contribution >= 4 is 30.9 Å². The summed E-state index contributed by atoms with van der Waals surface area (Å²) < 4.78 is 5.14. The molecule has 1 atom stereocenters. The van der Waals surface area contributed by atoms with Crippen molar-refractivity contribution in [3.63, 3.8) is 0 Å². The van der Waals surface area contributed by atoms with Crippen molar-refractivity contribution in [2.75, 3.05) is 26.3 Å². The first-order valence-corrected chi connectivity index (χ1v) is 5.45. The first-order valence-electron chi connectivity index (χ1n) is 4.94. The summed E-state index contributed by atoms with van der Waals surface area (Å²) in [5.74, 6) is -0.470. The number of amides is 3. The number of nitrogens with zero attached hydrogens (tertiary/aromatic N) is 1. The zero-order valence-electron chi connectivity index (χ0n) is 8.72. The van der Waals surface area contributed by atoms with Gasteiger partial charge in [0.05, 0.1) is 25.0 Å². The highest BCUT2D eigenvalue weighted by atomic mass is 32.1. The summed E-state index contributed by atoms with van der Waals surface area (Å²) in [6, 6.07) is 0. The molecule has 0 spiro atoms. The van der Waals surface area contributed by atoms with E-state index >= 15 is 0 Å². The number of hydrogen-bond acceptors (Lipinski definition) is 5. The van der Waals surface area contributed by atoms with E-state index < -0.39 is 5.25 Å². The molecular weight excluding hydrogens is 232 g/mol. The average molecular weight is 246 g/mol. The van der Waals surface area contributed by atoms with Gasteiger partial charge in [0.25, 0.3) is 0 Å². The summed E-state index contributed by atoms with van der Waals surface area (Å²) >= 11 is 4.00. The van der Waals surface area contributed by atoms with Gasteiger partial charge in [0.2, 0.25) is 18.2 Å². The molecule has 1 aliphatic heterocycles. The van der Waals surface area contributed by atoms with Crippen LogP contribution in [0.3, 0.4) is 0 Å². The number of hydrogen-bond donors (Lipinski definition) is 2. The Labute approximate surface area is 98.7 Å². The van der Waals surface area contributed by atoms with Gasteiger partial charge in [0.1, 0.15) is 0 Å². The van der Waals surface area contributed by atoms with Crippen molar-refractivity contribution in [3.05, 3.63) is 0 Å². The smallest absolute Gasteiger partial charge is 0.242 e. The number of carbonyl (C=O) groups excluding carboxylic acids is 3. The monoisotopic (exact) mass is 246 g/mol. The first-order chi connectivity index (χ1) is 7.66. The molecule has 7 heteroatoms. The number of likely N-dealkylation sites (tertiary alicyclic amines) is 1. The molecule has 1 heterocycles. The zero-order chi connectivity index (χ0) is 12.0. The van der Waals surface area contributed by atoms with Gasteiger partial charge in [0.15, 0.2) is 0 Å². The van der Waals surface area contributed by atoms with Crippen LogP contribution in [0.4, 0.5) is 0 Å². The van der Waals surface area contributed by atoms with E-state index in [4.69, 9.17) is 4.74 Å². The van der Waals surface area contributed by atoms with E-state index in [0.717, 1.165) is 4.90 Å². The lowest BCUT2D eigenvalue weighted by molar-refractivity contribution is -0.139. The molecule has 0 aromatic carbocycles. The standard InChI is InChI=1S/C9H14N2O4S/c12-6-10-1-3-15-4-2-11-8(13)5-7(16)9(11)14/h6-7,16H,1-5H2,(H,10,12). The summed E-state index contributed by atoms with van der Waals surface area (Å²) in [5.41, 5.74) is 0. The van der Waals surface area contributed by atoms with Gasteiger partial charge in [-0.1, -0.05) is 0 Å². The van der Waals surface area contributed by atoms with E-state index in [1.54, 1.807) is 0 Å². The van der Waals surface area contributed by atoms with Gasteiger partial charge >= 0.3 is 0 Å². The third-order valence-electron chi connectivity index (χ3n) is 2.15. The van der Waals surface area contributed by atoms with Crippen molar-refractivity contribution in [2.45, 2.75) is 11.7 Å². The first kappa shape index (κ1) is 13.0. The quantitative estimate of drug-likeness (QED) is 0.256. The predicted octanol–water partition coefficient (Wildman–Crippen LogP) is -1.19. The lowest BCUT2D eigenvalue weighted by Crippen LogP contribution is -2.34. The van der Waals surface area contributed by atoms with Gasteiger partial charge in [-0.25, -0.2) is 0 Å². The Morgan fingerprint density at radius 2 is 2.25 bits per heavy atom. The molecule has 0 aromatic heterocycles. The molecule has 0 aliphatic carbocycles. The predicted molar refractivity (Wildman–Crippen MR) is 59.0 cm³/mol. The third kappa shape index (κ3) is 3.49. The molecular formula is C9H14N2O4S. The van der Waals surface area contributed by atoms with Crippen molar-refractivity contribution in [1.29, 1.82) is 0 Å². The number of rotatable bonds is 7. The second kappa shape index (κ2) is 6.49. The molecule has 0 aromatic rings. The fourth-order valence-electron chi connectivity index (χ4n) is 1.35. The van der Waals surface area contributed by atoms with E-state index in [2.05, 4.69) is 17.9 Å². The van der Waals surface area contributed by atoms with Crippen LogP contribution in [0.15, 0.2) is 0 Å². The Morgan fingerprint density at radius 1 is 1.50 bits per heavy atom. The summed E-state index contributed by atoms with van der Waals surface area (Å²) in [7, 11) is 0. The van der Waals surface area contributed by atoms with E-state index in [1.165, 1.54) is 0 Å². The van der Waals surface area contributed by atoms with Crippen molar-refractivity contribution in [1.82, 2.24) is 10.2 Å². The second-order valence-corrected chi connectivity index (χ2v) is 3.91. The molecule has 6 nitrogen and oxygen atoms in total. The highest BCUT2D eigenvalue weighted by Crippen LogP contribution is 2.16. The summed E-state index contributed by atoms with van der Waals surface area (Å²) in [4.78, 5) is 33.8. The third-order valence-corrected chi connectivity index (χ3v) is 2.56. The molecule has 90 valence electrons. The van der Waals surface area contributed by atoms with Gasteiger partial charge in [-0.3, -0.25) is 19.3 Å². The van der Waals surface area contributed by atoms with Crippen LogP contribution in [0.25, 0.3) is 0 Å². The minimum atomic E-state index is -0.510. The number of ether oxygens (including phenoxy) is 1. The lowest BCUT2D eigenvalue weighted by atomic mass is 10.4. The number of carbonyl (C=O) groups is 3. The second-order valence-electron chi connectivity index (χ2n) is 3.29. The van der Waals surface area contributed by atoms with E-state index in [-0.39, 0.29) is 31.4 Å². The molecule has 0 radical (unpaired) electrons. The van der Waals surface area contributed by atoms with Crippen LogP contribution in [0.1, 0.15) is 6.42 Å². The number of imide groups is 1. The number of thiol groups is 1. The van der Waals surface area contributed by atoms with Crippen LogP contribution in [0, 0.1) is 0 Å². The fraction of sp³-hybridized carbons (Fsp3) is 0.667. The molecule has 1 saturated heterocycles. The zero-order valence-corrected chi connectivity index (χ0v) is 9.61. The van der Waals surface area contributed by atoms with Crippen molar-refractivity contribution < 1.29 is 19.1 Å². The topological polar surface area (TPSA) is 75.7 Å². The minimum Gasteiger partial charge on any atom is -0.378 e. The fourth-order valence-corrected chi connectivity index (χ4v) is 1.64. The minimum absolute atomic E-state index is 0.161. The van der Waals surface area contributed by atoms with Gasteiger partial charge in [-0.2, -0.15) is 12.6 Å². The van der Waals surface area contributed by atoms with Crippen LogP contribution in [-0.4, -0.2) is 54.7 Å².